The van der Waals surface area contributed by atoms with Crippen molar-refractivity contribution in [3.63, 3.8) is 0 Å². The molecular formula is C13H12NO. The molecule has 0 saturated heterocycles. The number of hydrogen-bond acceptors (Lipinski definition) is 1. The molecular weight excluding hydrogens is 186 g/mol. The number of benzene rings is 1. The van der Waals surface area contributed by atoms with Gasteiger partial charge in [0.05, 0.1) is 0 Å². The van der Waals surface area contributed by atoms with Crippen LogP contribution in [0.25, 0.3) is 11.3 Å². The van der Waals surface area contributed by atoms with Crippen LogP contribution in [-0.2, 0) is 13.0 Å². The standard InChI is InChI=1S/C13H12NO/c1-2-4-10(5-3-1)13-8-11-9-14-7-6-12(11)15-13/h1-5,8H,6-7,9H2. The Balaban J connectivity index is 2.03. The largest absolute Gasteiger partial charge is 0.461 e. The SMILES string of the molecule is c1ccc(-c2cc3c(o2)CC[N]C3)cc1. The highest BCUT2D eigenvalue weighted by Crippen LogP contribution is 2.27. The Kier molecular flexibility index (Phi) is 2.07. The summed E-state index contributed by atoms with van der Waals surface area (Å²) >= 11 is 0. The molecule has 1 aliphatic heterocycles. The average molecular weight is 198 g/mol. The minimum absolute atomic E-state index is 0.811. The van der Waals surface area contributed by atoms with Gasteiger partial charge in [-0.25, -0.2) is 5.32 Å². The molecule has 0 saturated carbocycles. The van der Waals surface area contributed by atoms with Crippen LogP contribution in [0.5, 0.6) is 0 Å². The molecule has 1 aromatic carbocycles. The summed E-state index contributed by atoms with van der Waals surface area (Å²) in [5, 5.41) is 4.37. The van der Waals surface area contributed by atoms with E-state index in [1.165, 1.54) is 5.56 Å². The molecule has 0 fully saturated rings. The molecule has 2 heterocycles. The molecule has 0 spiro atoms. The van der Waals surface area contributed by atoms with Crippen molar-refractivity contribution in [3.8, 4) is 11.3 Å². The topological polar surface area (TPSA) is 27.2 Å². The molecule has 2 aromatic rings. The van der Waals surface area contributed by atoms with Crippen LogP contribution in [0.2, 0.25) is 0 Å². The zero-order valence-corrected chi connectivity index (χ0v) is 8.44. The molecule has 75 valence electrons. The number of hydrogen-bond donors (Lipinski definition) is 0. The fourth-order valence-electron chi connectivity index (χ4n) is 1.94. The average Bonchev–Trinajstić information content (AvgIpc) is 2.74. The second kappa shape index (κ2) is 3.55. The van der Waals surface area contributed by atoms with Gasteiger partial charge in [-0.3, -0.25) is 0 Å². The van der Waals surface area contributed by atoms with Crippen LogP contribution in [0.15, 0.2) is 40.8 Å². The van der Waals surface area contributed by atoms with Gasteiger partial charge in [-0.05, 0) is 6.07 Å². The number of fused-ring (bicyclic) bond motifs is 1. The predicted octanol–water partition coefficient (Wildman–Crippen LogP) is 2.61. The molecule has 0 amide bonds. The molecule has 1 aliphatic rings. The Morgan fingerprint density at radius 2 is 2.00 bits per heavy atom. The van der Waals surface area contributed by atoms with E-state index in [1.807, 2.05) is 18.2 Å². The van der Waals surface area contributed by atoms with Gasteiger partial charge in [0.15, 0.2) is 0 Å². The summed E-state index contributed by atoms with van der Waals surface area (Å²) in [7, 11) is 0. The minimum Gasteiger partial charge on any atom is -0.461 e. The van der Waals surface area contributed by atoms with Crippen LogP contribution < -0.4 is 5.32 Å². The highest BCUT2D eigenvalue weighted by atomic mass is 16.3. The van der Waals surface area contributed by atoms with Crippen LogP contribution in [0.4, 0.5) is 0 Å². The summed E-state index contributed by atoms with van der Waals surface area (Å²) in [5.74, 6) is 2.08. The predicted molar refractivity (Wildman–Crippen MR) is 58.6 cm³/mol. The lowest BCUT2D eigenvalue weighted by molar-refractivity contribution is 0.480. The van der Waals surface area contributed by atoms with Crippen LogP contribution in [0, 0.1) is 0 Å². The second-order valence-corrected chi connectivity index (χ2v) is 3.78. The third-order valence-electron chi connectivity index (χ3n) is 2.73. The second-order valence-electron chi connectivity index (χ2n) is 3.78. The first kappa shape index (κ1) is 8.74. The first-order valence-corrected chi connectivity index (χ1v) is 5.24. The van der Waals surface area contributed by atoms with Crippen LogP contribution in [0.1, 0.15) is 11.3 Å². The summed E-state index contributed by atoms with van der Waals surface area (Å²) in [5.41, 5.74) is 2.40. The first-order valence-electron chi connectivity index (χ1n) is 5.24. The molecule has 1 radical (unpaired) electrons. The van der Waals surface area contributed by atoms with E-state index in [2.05, 4.69) is 23.5 Å². The maximum absolute atomic E-state index is 5.83. The summed E-state index contributed by atoms with van der Waals surface area (Å²) in [4.78, 5) is 0. The minimum atomic E-state index is 0.811. The molecule has 3 rings (SSSR count). The van der Waals surface area contributed by atoms with Crippen molar-refractivity contribution in [3.05, 3.63) is 47.7 Å². The Hall–Kier alpha value is -1.54. The smallest absolute Gasteiger partial charge is 0.134 e. The normalized spacial score (nSPS) is 14.9. The van der Waals surface area contributed by atoms with Gasteiger partial charge < -0.3 is 4.42 Å². The lowest BCUT2D eigenvalue weighted by atomic mass is 10.1. The van der Waals surface area contributed by atoms with E-state index in [4.69, 9.17) is 4.42 Å². The Morgan fingerprint density at radius 3 is 2.80 bits per heavy atom. The third-order valence-corrected chi connectivity index (χ3v) is 2.73. The summed E-state index contributed by atoms with van der Waals surface area (Å²) in [6.45, 7) is 1.71. The van der Waals surface area contributed by atoms with E-state index < -0.39 is 0 Å². The third kappa shape index (κ3) is 1.57. The van der Waals surface area contributed by atoms with Crippen molar-refractivity contribution in [2.24, 2.45) is 0 Å². The van der Waals surface area contributed by atoms with E-state index >= 15 is 0 Å². The number of furan rings is 1. The van der Waals surface area contributed by atoms with Crippen molar-refractivity contribution in [2.45, 2.75) is 13.0 Å². The van der Waals surface area contributed by atoms with Crippen LogP contribution >= 0.6 is 0 Å². The van der Waals surface area contributed by atoms with Crippen molar-refractivity contribution in [2.75, 3.05) is 6.54 Å². The van der Waals surface area contributed by atoms with E-state index in [1.54, 1.807) is 0 Å². The first-order chi connectivity index (χ1) is 7.43. The van der Waals surface area contributed by atoms with Crippen molar-refractivity contribution >= 4 is 0 Å². The Labute approximate surface area is 88.9 Å². The molecule has 15 heavy (non-hydrogen) atoms. The van der Waals surface area contributed by atoms with Gasteiger partial charge in [0.2, 0.25) is 0 Å². The van der Waals surface area contributed by atoms with Gasteiger partial charge in [0.1, 0.15) is 11.5 Å². The molecule has 0 aliphatic carbocycles. The zero-order valence-electron chi connectivity index (χ0n) is 8.44. The summed E-state index contributed by atoms with van der Waals surface area (Å²) < 4.78 is 5.83. The van der Waals surface area contributed by atoms with Crippen molar-refractivity contribution in [1.29, 1.82) is 0 Å². The molecule has 2 nitrogen and oxygen atoms in total. The molecule has 0 atom stereocenters. The van der Waals surface area contributed by atoms with Crippen molar-refractivity contribution in [1.82, 2.24) is 5.32 Å². The highest BCUT2D eigenvalue weighted by molar-refractivity contribution is 5.58. The fourth-order valence-corrected chi connectivity index (χ4v) is 1.94. The van der Waals surface area contributed by atoms with Gasteiger partial charge in [-0.2, -0.15) is 0 Å². The lowest BCUT2D eigenvalue weighted by Gasteiger charge is -2.07. The van der Waals surface area contributed by atoms with E-state index in [-0.39, 0.29) is 0 Å². The molecule has 0 unspecified atom stereocenters. The summed E-state index contributed by atoms with van der Waals surface area (Å²) in [6, 6.07) is 12.3. The molecule has 1 aromatic heterocycles. The maximum Gasteiger partial charge on any atom is 0.134 e. The fraction of sp³-hybridized carbons (Fsp3) is 0.231. The molecule has 0 bridgehead atoms. The zero-order chi connectivity index (χ0) is 10.1. The van der Waals surface area contributed by atoms with Crippen LogP contribution in [0.3, 0.4) is 0 Å². The molecule has 2 heteroatoms. The van der Waals surface area contributed by atoms with Gasteiger partial charge in [-0.1, -0.05) is 30.3 Å². The van der Waals surface area contributed by atoms with Crippen molar-refractivity contribution < 1.29 is 4.42 Å². The van der Waals surface area contributed by atoms with E-state index in [0.717, 1.165) is 36.6 Å². The van der Waals surface area contributed by atoms with Gasteiger partial charge in [-0.15, -0.1) is 0 Å². The van der Waals surface area contributed by atoms with Gasteiger partial charge in [0.25, 0.3) is 0 Å². The molecule has 0 N–H and O–H groups in total. The van der Waals surface area contributed by atoms with Gasteiger partial charge >= 0.3 is 0 Å². The highest BCUT2D eigenvalue weighted by Gasteiger charge is 2.15. The number of rotatable bonds is 1. The quantitative estimate of drug-likeness (QED) is 0.692. The van der Waals surface area contributed by atoms with Crippen LogP contribution in [-0.4, -0.2) is 6.54 Å². The summed E-state index contributed by atoms with van der Waals surface area (Å²) in [6.07, 6.45) is 0.947. The van der Waals surface area contributed by atoms with Gasteiger partial charge in [0, 0.05) is 30.6 Å². The maximum atomic E-state index is 5.83. The Morgan fingerprint density at radius 1 is 1.13 bits per heavy atom. The Bertz CT molecular complexity index is 435. The monoisotopic (exact) mass is 198 g/mol. The lowest BCUT2D eigenvalue weighted by Crippen LogP contribution is -2.15. The van der Waals surface area contributed by atoms with E-state index in [0.29, 0.717) is 0 Å². The van der Waals surface area contributed by atoms with E-state index in [9.17, 15) is 0 Å². The number of nitrogens with zero attached hydrogens (tertiary/aromatic N) is 1.